The summed E-state index contributed by atoms with van der Waals surface area (Å²) < 4.78 is 0. The average Bonchev–Trinajstić information content (AvgIpc) is 3.67. The first-order chi connectivity index (χ1) is 27.2. The zero-order chi connectivity index (χ0) is 43.7. The predicted molar refractivity (Wildman–Crippen MR) is 202 cm³/mol. The van der Waals surface area contributed by atoms with Gasteiger partial charge in [-0.3, -0.25) is 33.6 Å². The Balaban J connectivity index is 2.45. The van der Waals surface area contributed by atoms with Crippen molar-refractivity contribution >= 4 is 47.4 Å². The maximum atomic E-state index is 14.1. The number of aliphatic hydroxyl groups excluding tert-OH is 3. The summed E-state index contributed by atoms with van der Waals surface area (Å²) in [5.74, 6) is -9.49. The molecule has 0 bridgehead atoms. The molecular formula is C36H53N9O13. The number of nitrogens with one attached hydrogen (secondary N) is 7. The van der Waals surface area contributed by atoms with Gasteiger partial charge in [-0.05, 0) is 31.7 Å². The molecule has 0 spiro atoms. The van der Waals surface area contributed by atoms with Gasteiger partial charge in [0.15, 0.2) is 6.04 Å². The number of nitrogens with zero attached hydrogens (tertiary/aromatic N) is 1. The molecule has 58 heavy (non-hydrogen) atoms. The van der Waals surface area contributed by atoms with E-state index < -0.39 is 115 Å². The molecule has 0 aliphatic rings. The quantitative estimate of drug-likeness (QED) is 0.0478. The number of hydrogen-bond acceptors (Lipinski definition) is 13. The molecule has 6 amide bonds. The molecule has 0 fully saturated rings. The van der Waals surface area contributed by atoms with E-state index >= 15 is 0 Å². The van der Waals surface area contributed by atoms with Gasteiger partial charge >= 0.3 is 11.9 Å². The Kier molecular flexibility index (Phi) is 19.4. The number of amides is 6. The number of hydrogen-bond donors (Lipinski definition) is 13. The predicted octanol–water partition coefficient (Wildman–Crippen LogP) is -4.21. The smallest absolute Gasteiger partial charge is 0.328 e. The van der Waals surface area contributed by atoms with E-state index in [0.717, 1.165) is 6.92 Å². The van der Waals surface area contributed by atoms with E-state index in [0.29, 0.717) is 11.3 Å². The Morgan fingerprint density at radius 2 is 1.17 bits per heavy atom. The third kappa shape index (κ3) is 15.9. The van der Waals surface area contributed by atoms with Crippen LogP contribution in [0.5, 0.6) is 0 Å². The van der Waals surface area contributed by atoms with Crippen molar-refractivity contribution in [1.29, 1.82) is 0 Å². The second kappa shape index (κ2) is 23.3. The normalized spacial score (nSPS) is 15.8. The second-order valence-electron chi connectivity index (χ2n) is 14.0. The van der Waals surface area contributed by atoms with Crippen molar-refractivity contribution in [2.45, 2.75) is 108 Å². The molecule has 2 aromatic rings. The van der Waals surface area contributed by atoms with Gasteiger partial charge in [-0.2, -0.15) is 0 Å². The highest BCUT2D eigenvalue weighted by atomic mass is 16.4. The molecule has 0 saturated heterocycles. The fraction of sp³-hybridized carbons (Fsp3) is 0.528. The number of carbonyl (C=O) groups is 8. The van der Waals surface area contributed by atoms with Crippen molar-refractivity contribution < 1.29 is 63.9 Å². The number of carboxylic acid groups (broad SMARTS) is 2. The topological polar surface area (TPSA) is 365 Å². The van der Waals surface area contributed by atoms with Crippen LogP contribution in [0.2, 0.25) is 0 Å². The van der Waals surface area contributed by atoms with Crippen LogP contribution >= 0.6 is 0 Å². The largest absolute Gasteiger partial charge is 0.481 e. The van der Waals surface area contributed by atoms with Gasteiger partial charge in [-0.1, -0.05) is 44.2 Å². The molecule has 0 aliphatic carbocycles. The molecule has 14 N–H and O–H groups in total. The van der Waals surface area contributed by atoms with Crippen LogP contribution in [0.15, 0.2) is 42.9 Å². The van der Waals surface area contributed by atoms with Crippen LogP contribution in [-0.2, 0) is 51.2 Å². The van der Waals surface area contributed by atoms with Gasteiger partial charge in [0.2, 0.25) is 35.4 Å². The van der Waals surface area contributed by atoms with Crippen molar-refractivity contribution in [2.75, 3.05) is 6.61 Å². The van der Waals surface area contributed by atoms with Crippen molar-refractivity contribution in [3.05, 3.63) is 54.1 Å². The SMILES string of the molecule is CC(C)C[C@H](NC(=O)[C@H](Cc1ccccc1)NC(=O)[C@H](Cc1cnc[nH]1)NC(=O)[C@@H](NC(=O)[C@@H](N)CO)[C@@H](C)O)C(=O)N[C@@H](CC(=O)O)C(=O)N[C@H](C(=O)O)[C@@H](C)O. The lowest BCUT2D eigenvalue weighted by molar-refractivity contribution is -0.146. The minimum atomic E-state index is -1.84. The molecule has 320 valence electrons. The third-order valence-corrected chi connectivity index (χ3v) is 8.52. The Bertz CT molecular complexity index is 1710. The number of aromatic amines is 1. The maximum absolute atomic E-state index is 14.1. The van der Waals surface area contributed by atoms with Crippen LogP contribution in [-0.4, -0.2) is 144 Å². The van der Waals surface area contributed by atoms with E-state index in [1.165, 1.54) is 19.4 Å². The van der Waals surface area contributed by atoms with E-state index in [1.807, 2.05) is 5.32 Å². The molecule has 9 atom stereocenters. The van der Waals surface area contributed by atoms with Crippen LogP contribution in [0, 0.1) is 5.92 Å². The highest BCUT2D eigenvalue weighted by molar-refractivity contribution is 5.98. The lowest BCUT2D eigenvalue weighted by Crippen LogP contribution is -2.62. The highest BCUT2D eigenvalue weighted by Gasteiger charge is 2.36. The van der Waals surface area contributed by atoms with E-state index in [2.05, 4.69) is 36.6 Å². The molecule has 0 radical (unpaired) electrons. The molecule has 1 aromatic carbocycles. The monoisotopic (exact) mass is 819 g/mol. The van der Waals surface area contributed by atoms with Crippen LogP contribution < -0.4 is 37.6 Å². The summed E-state index contributed by atoms with van der Waals surface area (Å²) in [5.41, 5.74) is 6.46. The molecular weight excluding hydrogens is 766 g/mol. The number of benzene rings is 1. The molecule has 0 aliphatic heterocycles. The number of aliphatic carboxylic acids is 2. The van der Waals surface area contributed by atoms with Gasteiger partial charge in [0.05, 0.1) is 31.6 Å². The number of H-pyrrole nitrogens is 1. The van der Waals surface area contributed by atoms with Gasteiger partial charge in [0.1, 0.15) is 36.3 Å². The van der Waals surface area contributed by atoms with Gasteiger partial charge in [0, 0.05) is 24.7 Å². The minimum Gasteiger partial charge on any atom is -0.481 e. The maximum Gasteiger partial charge on any atom is 0.328 e. The number of carboxylic acids is 2. The summed E-state index contributed by atoms with van der Waals surface area (Å²) in [7, 11) is 0. The molecule has 1 aromatic heterocycles. The molecule has 22 heteroatoms. The zero-order valence-corrected chi connectivity index (χ0v) is 32.4. The molecule has 0 saturated carbocycles. The van der Waals surface area contributed by atoms with Crippen molar-refractivity contribution in [3.8, 4) is 0 Å². The number of nitrogens with two attached hydrogens (primary N) is 1. The summed E-state index contributed by atoms with van der Waals surface area (Å²) in [5, 5.41) is 62.2. The summed E-state index contributed by atoms with van der Waals surface area (Å²) in [6.45, 7) is 4.94. The van der Waals surface area contributed by atoms with Crippen LogP contribution in [0.1, 0.15) is 51.8 Å². The molecule has 22 nitrogen and oxygen atoms in total. The summed E-state index contributed by atoms with van der Waals surface area (Å²) in [4.78, 5) is 110. The van der Waals surface area contributed by atoms with Gasteiger partial charge in [-0.15, -0.1) is 0 Å². The number of imidazole rings is 1. The first kappa shape index (κ1) is 48.2. The Labute approximate surface area is 333 Å². The Hall–Kier alpha value is -5.97. The van der Waals surface area contributed by atoms with Crippen LogP contribution in [0.25, 0.3) is 0 Å². The van der Waals surface area contributed by atoms with E-state index in [4.69, 9.17) is 5.73 Å². The lowest BCUT2D eigenvalue weighted by atomic mass is 10.00. The van der Waals surface area contributed by atoms with Crippen LogP contribution in [0.4, 0.5) is 0 Å². The summed E-state index contributed by atoms with van der Waals surface area (Å²) in [6, 6.07) is -2.67. The standard InChI is InChI=1S/C36H53N9O13/c1-17(2)10-23(31(52)42-26(13-27(49)50)34(55)45-29(19(4)48)36(57)58)40-32(53)24(11-20-8-6-5-7-9-20)41-33(54)25(12-21-14-38-16-39-21)43-35(56)28(18(3)47)44-30(51)22(37)15-46/h5-9,14,16-19,22-26,28-29,46-48H,10-13,15,37H2,1-4H3,(H,38,39)(H,40,53)(H,41,54)(H,42,52)(H,43,56)(H,44,51)(H,45,55)(H,49,50)(H,57,58)/t18-,19-,22+,23+,24+,25+,26+,28+,29+/m1/s1. The van der Waals surface area contributed by atoms with Gasteiger partial charge < -0.3 is 68.2 Å². The Morgan fingerprint density at radius 1 is 0.672 bits per heavy atom. The fourth-order valence-corrected chi connectivity index (χ4v) is 5.44. The number of carbonyl (C=O) groups excluding carboxylic acids is 6. The highest BCUT2D eigenvalue weighted by Crippen LogP contribution is 2.11. The number of rotatable bonds is 24. The van der Waals surface area contributed by atoms with E-state index in [9.17, 15) is 63.9 Å². The Morgan fingerprint density at radius 3 is 1.67 bits per heavy atom. The second-order valence-corrected chi connectivity index (χ2v) is 14.0. The lowest BCUT2D eigenvalue weighted by Gasteiger charge is -2.28. The summed E-state index contributed by atoms with van der Waals surface area (Å²) >= 11 is 0. The molecule has 1 heterocycles. The first-order valence-corrected chi connectivity index (χ1v) is 18.2. The van der Waals surface area contributed by atoms with E-state index in [-0.39, 0.29) is 25.2 Å². The van der Waals surface area contributed by atoms with E-state index in [1.54, 1.807) is 44.2 Å². The third-order valence-electron chi connectivity index (χ3n) is 8.52. The first-order valence-electron chi connectivity index (χ1n) is 18.2. The van der Waals surface area contributed by atoms with Gasteiger partial charge in [-0.25, -0.2) is 9.78 Å². The zero-order valence-electron chi connectivity index (χ0n) is 32.4. The summed E-state index contributed by atoms with van der Waals surface area (Å²) in [6.07, 6.45) is -1.82. The van der Waals surface area contributed by atoms with Crippen molar-refractivity contribution in [2.24, 2.45) is 11.7 Å². The fourth-order valence-electron chi connectivity index (χ4n) is 5.44. The minimum absolute atomic E-state index is 0.0543. The number of aliphatic hydroxyl groups is 3. The molecule has 2 rings (SSSR count). The number of aromatic nitrogens is 2. The van der Waals surface area contributed by atoms with Crippen LogP contribution in [0.3, 0.4) is 0 Å². The molecule has 0 unspecified atom stereocenters. The average molecular weight is 820 g/mol. The van der Waals surface area contributed by atoms with Crippen molar-refractivity contribution in [1.82, 2.24) is 41.9 Å². The van der Waals surface area contributed by atoms with Gasteiger partial charge in [0.25, 0.3) is 0 Å². The van der Waals surface area contributed by atoms with Crippen molar-refractivity contribution in [3.63, 3.8) is 0 Å².